The van der Waals surface area contributed by atoms with Crippen LogP contribution >= 0.6 is 22.6 Å². The minimum atomic E-state index is -0.242. The van der Waals surface area contributed by atoms with Crippen molar-refractivity contribution in [1.82, 2.24) is 4.98 Å². The molecule has 1 rings (SSSR count). The molecular formula is C6H4INO2. The van der Waals surface area contributed by atoms with Crippen LogP contribution in [0.2, 0.25) is 0 Å². The van der Waals surface area contributed by atoms with Gasteiger partial charge in [-0.05, 0) is 28.7 Å². The number of H-pyrrole nitrogens is 1. The molecule has 0 aliphatic heterocycles. The van der Waals surface area contributed by atoms with Crippen LogP contribution in [0.1, 0.15) is 10.5 Å². The molecule has 0 amide bonds. The standard InChI is InChI=1S/C6H4INO2/c7-4-1-5(3-9)8-6(10)2-4/h1-3H,(H,8,10). The van der Waals surface area contributed by atoms with Gasteiger partial charge in [-0.25, -0.2) is 0 Å². The molecule has 1 aromatic rings. The van der Waals surface area contributed by atoms with E-state index in [0.717, 1.165) is 3.57 Å². The summed E-state index contributed by atoms with van der Waals surface area (Å²) in [7, 11) is 0. The van der Waals surface area contributed by atoms with Gasteiger partial charge in [-0.2, -0.15) is 0 Å². The Morgan fingerprint density at radius 3 is 2.70 bits per heavy atom. The summed E-state index contributed by atoms with van der Waals surface area (Å²) in [5, 5.41) is 0. The van der Waals surface area contributed by atoms with Crippen molar-refractivity contribution in [3.8, 4) is 0 Å². The molecule has 0 spiro atoms. The van der Waals surface area contributed by atoms with Gasteiger partial charge in [0.25, 0.3) is 0 Å². The Balaban J connectivity index is 3.32. The molecular weight excluding hydrogens is 245 g/mol. The highest BCUT2D eigenvalue weighted by molar-refractivity contribution is 14.1. The molecule has 3 nitrogen and oxygen atoms in total. The van der Waals surface area contributed by atoms with Gasteiger partial charge in [-0.15, -0.1) is 0 Å². The molecule has 1 aromatic heterocycles. The van der Waals surface area contributed by atoms with Gasteiger partial charge in [0, 0.05) is 9.64 Å². The van der Waals surface area contributed by atoms with Crippen LogP contribution in [0.25, 0.3) is 0 Å². The number of carbonyl (C=O) groups excluding carboxylic acids is 1. The monoisotopic (exact) mass is 249 g/mol. The SMILES string of the molecule is O=Cc1cc(I)cc(=O)[nH]1. The molecule has 4 heteroatoms. The molecule has 0 saturated heterocycles. The number of halogens is 1. The second kappa shape index (κ2) is 2.96. The Morgan fingerprint density at radius 2 is 2.20 bits per heavy atom. The summed E-state index contributed by atoms with van der Waals surface area (Å²) in [6, 6.07) is 3.03. The first-order valence-corrected chi connectivity index (χ1v) is 3.65. The van der Waals surface area contributed by atoms with Crippen molar-refractivity contribution in [1.29, 1.82) is 0 Å². The van der Waals surface area contributed by atoms with Gasteiger partial charge in [0.2, 0.25) is 5.56 Å². The largest absolute Gasteiger partial charge is 0.320 e. The van der Waals surface area contributed by atoms with Crippen molar-refractivity contribution in [3.63, 3.8) is 0 Å². The van der Waals surface area contributed by atoms with Crippen molar-refractivity contribution in [2.75, 3.05) is 0 Å². The van der Waals surface area contributed by atoms with Crippen LogP contribution in [0.4, 0.5) is 0 Å². The Morgan fingerprint density at radius 1 is 1.50 bits per heavy atom. The lowest BCUT2D eigenvalue weighted by Crippen LogP contribution is -2.07. The number of hydrogen-bond donors (Lipinski definition) is 1. The first kappa shape index (κ1) is 7.46. The fourth-order valence-corrected chi connectivity index (χ4v) is 1.21. The number of pyridine rings is 1. The highest BCUT2D eigenvalue weighted by Crippen LogP contribution is 1.99. The van der Waals surface area contributed by atoms with Crippen LogP contribution in [0, 0.1) is 3.57 Å². The van der Waals surface area contributed by atoms with E-state index in [1.165, 1.54) is 6.07 Å². The fraction of sp³-hybridized carbons (Fsp3) is 0. The number of aldehydes is 1. The van der Waals surface area contributed by atoms with E-state index in [1.54, 1.807) is 6.07 Å². The Kier molecular flexibility index (Phi) is 2.21. The van der Waals surface area contributed by atoms with Crippen molar-refractivity contribution in [3.05, 3.63) is 31.8 Å². The van der Waals surface area contributed by atoms with Gasteiger partial charge in [-0.3, -0.25) is 9.59 Å². The highest BCUT2D eigenvalue weighted by Gasteiger charge is 1.92. The summed E-state index contributed by atoms with van der Waals surface area (Å²) in [5.74, 6) is 0. The second-order valence-corrected chi connectivity index (χ2v) is 2.98. The molecule has 0 radical (unpaired) electrons. The predicted molar refractivity (Wildman–Crippen MR) is 45.2 cm³/mol. The second-order valence-electron chi connectivity index (χ2n) is 1.74. The van der Waals surface area contributed by atoms with Gasteiger partial charge in [0.1, 0.15) is 0 Å². The fourth-order valence-electron chi connectivity index (χ4n) is 0.593. The van der Waals surface area contributed by atoms with E-state index < -0.39 is 0 Å². The van der Waals surface area contributed by atoms with Gasteiger partial charge < -0.3 is 4.98 Å². The number of aromatic nitrogens is 1. The predicted octanol–water partition coefficient (Wildman–Crippen LogP) is 0.792. The Bertz CT molecular complexity index is 305. The van der Waals surface area contributed by atoms with Crippen LogP contribution in [0.5, 0.6) is 0 Å². The van der Waals surface area contributed by atoms with E-state index in [9.17, 15) is 9.59 Å². The van der Waals surface area contributed by atoms with E-state index in [1.807, 2.05) is 22.6 Å². The number of rotatable bonds is 1. The molecule has 52 valence electrons. The third-order valence-corrected chi connectivity index (χ3v) is 1.58. The summed E-state index contributed by atoms with van der Waals surface area (Å²) in [6.45, 7) is 0. The quantitative estimate of drug-likeness (QED) is 0.591. The Hall–Kier alpha value is -0.650. The Labute approximate surface area is 70.6 Å². The lowest BCUT2D eigenvalue weighted by Gasteiger charge is -1.89. The summed E-state index contributed by atoms with van der Waals surface area (Å²) in [5.41, 5.74) is 0.0749. The van der Waals surface area contributed by atoms with Gasteiger partial charge in [-0.1, -0.05) is 0 Å². The number of nitrogens with one attached hydrogen (secondary N) is 1. The molecule has 1 heterocycles. The topological polar surface area (TPSA) is 49.9 Å². The summed E-state index contributed by atoms with van der Waals surface area (Å²) >= 11 is 1.98. The molecule has 0 aliphatic rings. The average molecular weight is 249 g/mol. The zero-order valence-corrected chi connectivity index (χ0v) is 7.08. The molecule has 1 N–H and O–H groups in total. The van der Waals surface area contributed by atoms with E-state index in [2.05, 4.69) is 4.98 Å². The number of aromatic amines is 1. The lowest BCUT2D eigenvalue weighted by molar-refractivity contribution is 0.111. The maximum Gasteiger partial charge on any atom is 0.249 e. The zero-order valence-electron chi connectivity index (χ0n) is 4.93. The highest BCUT2D eigenvalue weighted by atomic mass is 127. The molecule has 0 fully saturated rings. The molecule has 0 bridgehead atoms. The van der Waals surface area contributed by atoms with Crippen molar-refractivity contribution in [2.45, 2.75) is 0 Å². The van der Waals surface area contributed by atoms with Gasteiger partial charge in [0.15, 0.2) is 6.29 Å². The molecule has 0 atom stereocenters. The van der Waals surface area contributed by atoms with E-state index >= 15 is 0 Å². The minimum absolute atomic E-state index is 0.242. The van der Waals surface area contributed by atoms with Crippen molar-refractivity contribution >= 4 is 28.9 Å². The molecule has 0 saturated carbocycles. The average Bonchev–Trinajstić information content (AvgIpc) is 1.85. The summed E-state index contributed by atoms with van der Waals surface area (Å²) in [4.78, 5) is 23.2. The first-order valence-electron chi connectivity index (χ1n) is 2.57. The lowest BCUT2D eigenvalue weighted by atomic mass is 10.4. The van der Waals surface area contributed by atoms with Crippen LogP contribution in [-0.4, -0.2) is 11.3 Å². The minimum Gasteiger partial charge on any atom is -0.320 e. The van der Waals surface area contributed by atoms with Crippen molar-refractivity contribution < 1.29 is 4.79 Å². The molecule has 0 unspecified atom stereocenters. The van der Waals surface area contributed by atoms with Gasteiger partial charge >= 0.3 is 0 Å². The summed E-state index contributed by atoms with van der Waals surface area (Å²) in [6.07, 6.45) is 0.615. The van der Waals surface area contributed by atoms with E-state index in [-0.39, 0.29) is 5.56 Å². The van der Waals surface area contributed by atoms with E-state index in [0.29, 0.717) is 12.0 Å². The van der Waals surface area contributed by atoms with Crippen molar-refractivity contribution in [2.24, 2.45) is 0 Å². The van der Waals surface area contributed by atoms with Crippen LogP contribution < -0.4 is 5.56 Å². The third-order valence-electron chi connectivity index (χ3n) is 0.957. The van der Waals surface area contributed by atoms with Gasteiger partial charge in [0.05, 0.1) is 5.69 Å². The maximum atomic E-state index is 10.7. The van der Waals surface area contributed by atoms with Crippen LogP contribution in [0.3, 0.4) is 0 Å². The summed E-state index contributed by atoms with van der Waals surface area (Å²) < 4.78 is 0.767. The third kappa shape index (κ3) is 1.66. The molecule has 10 heavy (non-hydrogen) atoms. The normalized spacial score (nSPS) is 9.30. The molecule has 0 aliphatic carbocycles. The van der Waals surface area contributed by atoms with Crippen LogP contribution in [-0.2, 0) is 0 Å². The molecule has 0 aromatic carbocycles. The zero-order chi connectivity index (χ0) is 7.56. The smallest absolute Gasteiger partial charge is 0.249 e. The van der Waals surface area contributed by atoms with Crippen LogP contribution in [0.15, 0.2) is 16.9 Å². The number of hydrogen-bond acceptors (Lipinski definition) is 2. The maximum absolute atomic E-state index is 10.7. The van der Waals surface area contributed by atoms with E-state index in [4.69, 9.17) is 0 Å². The first-order chi connectivity index (χ1) is 4.72. The number of carbonyl (C=O) groups is 1.